The second kappa shape index (κ2) is 9.23. The second-order valence-corrected chi connectivity index (χ2v) is 6.46. The monoisotopic (exact) mass is 430 g/mol. The van der Waals surface area contributed by atoms with E-state index in [4.69, 9.17) is 21.7 Å². The highest BCUT2D eigenvalue weighted by Gasteiger charge is 2.17. The number of ether oxygens (including phenoxy) is 4. The van der Waals surface area contributed by atoms with Crippen molar-refractivity contribution in [2.24, 2.45) is 0 Å². The molecule has 0 fully saturated rings. The third kappa shape index (κ3) is 4.84. The average molecular weight is 430 g/mol. The van der Waals surface area contributed by atoms with Crippen LogP contribution in [0.4, 0.5) is 5.69 Å². The van der Waals surface area contributed by atoms with E-state index in [-0.39, 0.29) is 16.2 Å². The molecule has 10 heteroatoms. The molecule has 1 heterocycles. The lowest BCUT2D eigenvalue weighted by molar-refractivity contribution is 0.0599. The van der Waals surface area contributed by atoms with Crippen molar-refractivity contribution >= 4 is 40.9 Å². The highest BCUT2D eigenvalue weighted by molar-refractivity contribution is 7.80. The summed E-state index contributed by atoms with van der Waals surface area (Å²) in [5.41, 5.74) is 0.848. The number of fused-ring (bicyclic) bond motifs is 1. The lowest BCUT2D eigenvalue weighted by Gasteiger charge is -2.18. The van der Waals surface area contributed by atoms with Gasteiger partial charge in [0.15, 0.2) is 16.6 Å². The maximum Gasteiger partial charge on any atom is 0.337 e. The molecular weight excluding hydrogens is 412 g/mol. The van der Waals surface area contributed by atoms with Crippen molar-refractivity contribution < 1.29 is 33.3 Å². The van der Waals surface area contributed by atoms with Gasteiger partial charge >= 0.3 is 11.9 Å². The molecule has 3 rings (SSSR count). The Bertz CT molecular complexity index is 988. The quantitative estimate of drug-likeness (QED) is 0.557. The maximum atomic E-state index is 12.5. The molecular formula is C20H18N2O7S. The number of benzene rings is 2. The van der Waals surface area contributed by atoms with Crippen LogP contribution in [0.3, 0.4) is 0 Å². The van der Waals surface area contributed by atoms with E-state index in [1.807, 2.05) is 0 Å². The Morgan fingerprint density at radius 2 is 1.47 bits per heavy atom. The van der Waals surface area contributed by atoms with E-state index in [2.05, 4.69) is 20.1 Å². The summed E-state index contributed by atoms with van der Waals surface area (Å²) in [5, 5.41) is 5.27. The number of carbonyl (C=O) groups excluding carboxylic acids is 3. The number of amides is 1. The Morgan fingerprint density at radius 1 is 0.867 bits per heavy atom. The Kier molecular flexibility index (Phi) is 6.48. The fraction of sp³-hybridized carbons (Fsp3) is 0.200. The molecule has 0 radical (unpaired) electrons. The molecule has 1 amide bonds. The summed E-state index contributed by atoms with van der Waals surface area (Å²) < 4.78 is 20.3. The number of esters is 2. The van der Waals surface area contributed by atoms with Gasteiger partial charge in [0.2, 0.25) is 0 Å². The predicted molar refractivity (Wildman–Crippen MR) is 110 cm³/mol. The molecule has 30 heavy (non-hydrogen) atoms. The van der Waals surface area contributed by atoms with Gasteiger partial charge in [-0.25, -0.2) is 9.59 Å². The molecule has 1 aliphatic heterocycles. The predicted octanol–water partition coefficient (Wildman–Crippen LogP) is 2.16. The lowest BCUT2D eigenvalue weighted by atomic mass is 10.1. The van der Waals surface area contributed by atoms with Gasteiger partial charge in [-0.05, 0) is 48.6 Å². The van der Waals surface area contributed by atoms with Gasteiger partial charge in [-0.3, -0.25) is 10.1 Å². The van der Waals surface area contributed by atoms with Crippen molar-refractivity contribution in [2.45, 2.75) is 0 Å². The van der Waals surface area contributed by atoms with Crippen LogP contribution in [0, 0.1) is 0 Å². The topological polar surface area (TPSA) is 112 Å². The van der Waals surface area contributed by atoms with E-state index in [9.17, 15) is 14.4 Å². The molecule has 2 N–H and O–H groups in total. The van der Waals surface area contributed by atoms with E-state index < -0.39 is 17.8 Å². The summed E-state index contributed by atoms with van der Waals surface area (Å²) in [6, 6.07) is 8.97. The molecule has 1 aliphatic rings. The molecule has 0 aliphatic carbocycles. The van der Waals surface area contributed by atoms with Gasteiger partial charge in [-0.15, -0.1) is 0 Å². The minimum atomic E-state index is -0.643. The molecule has 2 aromatic rings. The summed E-state index contributed by atoms with van der Waals surface area (Å²) in [7, 11) is 2.44. The molecule has 0 bridgehead atoms. The molecule has 0 unspecified atom stereocenters. The summed E-state index contributed by atoms with van der Waals surface area (Å²) in [4.78, 5) is 36.2. The Labute approximate surface area is 177 Å². The molecule has 9 nitrogen and oxygen atoms in total. The van der Waals surface area contributed by atoms with Crippen LogP contribution in [0.5, 0.6) is 11.5 Å². The van der Waals surface area contributed by atoms with E-state index in [1.54, 1.807) is 18.2 Å². The number of methoxy groups -OCH3 is 2. The van der Waals surface area contributed by atoms with E-state index in [0.717, 1.165) is 0 Å². The molecule has 0 saturated carbocycles. The zero-order chi connectivity index (χ0) is 21.7. The van der Waals surface area contributed by atoms with Gasteiger partial charge in [0.1, 0.15) is 13.2 Å². The third-order valence-electron chi connectivity index (χ3n) is 4.06. The van der Waals surface area contributed by atoms with Crippen LogP contribution >= 0.6 is 12.2 Å². The van der Waals surface area contributed by atoms with Gasteiger partial charge in [0.25, 0.3) is 5.91 Å². The molecule has 0 atom stereocenters. The highest BCUT2D eigenvalue weighted by Crippen LogP contribution is 2.30. The standard InChI is InChI=1S/C20H18N2O7S/c1-26-18(24)12-7-13(19(25)27-2)9-14(8-12)21-20(30)22-17(23)11-3-4-15-16(10-11)29-6-5-28-15/h3-4,7-10H,5-6H2,1-2H3,(H2,21,22,23,30). The van der Waals surface area contributed by atoms with Crippen LogP contribution in [0.1, 0.15) is 31.1 Å². The minimum absolute atomic E-state index is 0.0345. The van der Waals surface area contributed by atoms with Crippen LogP contribution in [0.2, 0.25) is 0 Å². The number of nitrogens with one attached hydrogen (secondary N) is 2. The zero-order valence-electron chi connectivity index (χ0n) is 16.1. The van der Waals surface area contributed by atoms with Crippen LogP contribution < -0.4 is 20.1 Å². The summed E-state index contributed by atoms with van der Waals surface area (Å²) >= 11 is 5.18. The molecule has 0 aromatic heterocycles. The number of anilines is 1. The lowest BCUT2D eigenvalue weighted by Crippen LogP contribution is -2.34. The Morgan fingerprint density at radius 3 is 2.07 bits per heavy atom. The van der Waals surface area contributed by atoms with Gasteiger partial charge in [0.05, 0.1) is 25.3 Å². The highest BCUT2D eigenvalue weighted by atomic mass is 32.1. The fourth-order valence-corrected chi connectivity index (χ4v) is 2.90. The van der Waals surface area contributed by atoms with Crippen molar-refractivity contribution in [1.29, 1.82) is 0 Å². The van der Waals surface area contributed by atoms with Crippen molar-refractivity contribution in [3.05, 3.63) is 53.1 Å². The van der Waals surface area contributed by atoms with Crippen LogP contribution in [-0.2, 0) is 9.47 Å². The SMILES string of the molecule is COC(=O)c1cc(NC(=S)NC(=O)c2ccc3c(c2)OCCO3)cc(C(=O)OC)c1. The Hall–Kier alpha value is -3.66. The maximum absolute atomic E-state index is 12.5. The average Bonchev–Trinajstić information content (AvgIpc) is 2.77. The first-order valence-electron chi connectivity index (χ1n) is 8.75. The van der Waals surface area contributed by atoms with Gasteiger partial charge in [-0.2, -0.15) is 0 Å². The van der Waals surface area contributed by atoms with E-state index in [0.29, 0.717) is 36.0 Å². The molecule has 0 spiro atoms. The van der Waals surface area contributed by atoms with Crippen LogP contribution in [0.15, 0.2) is 36.4 Å². The van der Waals surface area contributed by atoms with E-state index >= 15 is 0 Å². The first kappa shape index (κ1) is 21.1. The number of rotatable bonds is 4. The Balaban J connectivity index is 1.74. The van der Waals surface area contributed by atoms with Gasteiger partial charge in [0, 0.05) is 11.3 Å². The number of hydrogen-bond acceptors (Lipinski definition) is 8. The largest absolute Gasteiger partial charge is 0.486 e. The van der Waals surface area contributed by atoms with Gasteiger partial charge < -0.3 is 24.3 Å². The molecule has 156 valence electrons. The fourth-order valence-electron chi connectivity index (χ4n) is 2.69. The number of carbonyl (C=O) groups is 3. The summed E-state index contributed by atoms with van der Waals surface area (Å²) in [5.74, 6) is -0.721. The number of thiocarbonyl (C=S) groups is 1. The second-order valence-electron chi connectivity index (χ2n) is 6.05. The van der Waals surface area contributed by atoms with Crippen LogP contribution in [0.25, 0.3) is 0 Å². The van der Waals surface area contributed by atoms with Crippen LogP contribution in [-0.4, -0.2) is 50.4 Å². The third-order valence-corrected chi connectivity index (χ3v) is 4.27. The first-order chi connectivity index (χ1) is 14.4. The zero-order valence-corrected chi connectivity index (χ0v) is 17.0. The van der Waals surface area contributed by atoms with Crippen molar-refractivity contribution in [1.82, 2.24) is 5.32 Å². The smallest absolute Gasteiger partial charge is 0.337 e. The van der Waals surface area contributed by atoms with Gasteiger partial charge in [-0.1, -0.05) is 0 Å². The van der Waals surface area contributed by atoms with Crippen molar-refractivity contribution in [3.63, 3.8) is 0 Å². The van der Waals surface area contributed by atoms with Crippen molar-refractivity contribution in [3.8, 4) is 11.5 Å². The molecule has 0 saturated heterocycles. The summed E-state index contributed by atoms with van der Waals surface area (Å²) in [6.07, 6.45) is 0. The van der Waals surface area contributed by atoms with E-state index in [1.165, 1.54) is 32.4 Å². The minimum Gasteiger partial charge on any atom is -0.486 e. The normalized spacial score (nSPS) is 11.8. The van der Waals surface area contributed by atoms with Crippen molar-refractivity contribution in [2.75, 3.05) is 32.8 Å². The number of hydrogen-bond donors (Lipinski definition) is 2. The molecule has 2 aromatic carbocycles. The first-order valence-corrected chi connectivity index (χ1v) is 9.16. The summed E-state index contributed by atoms with van der Waals surface area (Å²) in [6.45, 7) is 0.849.